The first-order valence-corrected chi connectivity index (χ1v) is 8.71. The van der Waals surface area contributed by atoms with Gasteiger partial charge in [-0.05, 0) is 57.5 Å². The monoisotopic (exact) mass is 354 g/mol. The molecule has 5 heteroatoms. The van der Waals surface area contributed by atoms with Crippen molar-refractivity contribution < 1.29 is 14.3 Å². The van der Waals surface area contributed by atoms with Crippen molar-refractivity contribution in [1.29, 1.82) is 0 Å². The quantitative estimate of drug-likeness (QED) is 0.746. The predicted octanol–water partition coefficient (Wildman–Crippen LogP) is 3.67. The normalized spacial score (nSPS) is 10.9. The molecule has 0 aliphatic rings. The average molecular weight is 354 g/mol. The van der Waals surface area contributed by atoms with E-state index in [4.69, 9.17) is 4.74 Å². The summed E-state index contributed by atoms with van der Waals surface area (Å²) in [7, 11) is 0. The van der Waals surface area contributed by atoms with Crippen molar-refractivity contribution in [2.24, 2.45) is 5.41 Å². The number of anilines is 1. The van der Waals surface area contributed by atoms with Crippen LogP contribution in [0.5, 0.6) is 5.75 Å². The Kier molecular flexibility index (Phi) is 6.39. The lowest BCUT2D eigenvalue weighted by molar-refractivity contribution is -0.138. The Balaban J connectivity index is 1.94. The van der Waals surface area contributed by atoms with E-state index in [0.717, 1.165) is 16.9 Å². The van der Waals surface area contributed by atoms with Crippen molar-refractivity contribution in [3.63, 3.8) is 0 Å². The van der Waals surface area contributed by atoms with Crippen LogP contribution in [0.3, 0.4) is 0 Å². The second kappa shape index (κ2) is 8.52. The van der Waals surface area contributed by atoms with Crippen molar-refractivity contribution in [2.45, 2.75) is 34.2 Å². The number of carbonyl (C=O) groups excluding carboxylic acids is 2. The lowest BCUT2D eigenvalue weighted by atomic mass is 9.90. The van der Waals surface area contributed by atoms with Gasteiger partial charge in [0.05, 0.1) is 6.61 Å². The number of benzene rings is 2. The maximum atomic E-state index is 12.5. The molecule has 2 rings (SSSR count). The van der Waals surface area contributed by atoms with Crippen LogP contribution >= 0.6 is 0 Å². The highest BCUT2D eigenvalue weighted by atomic mass is 16.5. The molecule has 0 aromatic heterocycles. The number of hydrogen-bond acceptors (Lipinski definition) is 3. The molecule has 2 aromatic rings. The number of carbonyl (C=O) groups is 2. The van der Waals surface area contributed by atoms with Gasteiger partial charge in [0.25, 0.3) is 0 Å². The Bertz CT molecular complexity index is 750. The Labute approximate surface area is 154 Å². The minimum atomic E-state index is -1.19. The molecule has 0 bridgehead atoms. The van der Waals surface area contributed by atoms with E-state index in [9.17, 15) is 9.59 Å². The van der Waals surface area contributed by atoms with Gasteiger partial charge in [-0.15, -0.1) is 0 Å². The Morgan fingerprint density at radius 1 is 0.962 bits per heavy atom. The number of ether oxygens (including phenoxy) is 1. The summed E-state index contributed by atoms with van der Waals surface area (Å²) < 4.78 is 5.38. The molecule has 0 fully saturated rings. The van der Waals surface area contributed by atoms with Crippen molar-refractivity contribution in [2.75, 3.05) is 11.9 Å². The fraction of sp³-hybridized carbons (Fsp3) is 0.333. The third-order valence-corrected chi connectivity index (χ3v) is 4.13. The van der Waals surface area contributed by atoms with Gasteiger partial charge in [-0.1, -0.05) is 29.8 Å². The zero-order valence-corrected chi connectivity index (χ0v) is 15.8. The lowest BCUT2D eigenvalue weighted by Crippen LogP contribution is -2.44. The van der Waals surface area contributed by atoms with Crippen LogP contribution in [0.15, 0.2) is 48.5 Å². The molecule has 138 valence electrons. The standard InChI is InChI=1S/C21H26N2O3/c1-5-26-18-12-10-17(11-13-18)23-20(25)21(3,4)19(24)22-14-16-8-6-15(2)7-9-16/h6-13H,5,14H2,1-4H3,(H,22,24)(H,23,25). The van der Waals surface area contributed by atoms with E-state index in [2.05, 4.69) is 10.6 Å². The highest BCUT2D eigenvalue weighted by Gasteiger charge is 2.35. The molecular formula is C21H26N2O3. The zero-order valence-electron chi connectivity index (χ0n) is 15.8. The number of nitrogens with one attached hydrogen (secondary N) is 2. The largest absolute Gasteiger partial charge is 0.494 e. The summed E-state index contributed by atoms with van der Waals surface area (Å²) in [6.45, 7) is 8.12. The first-order valence-electron chi connectivity index (χ1n) is 8.71. The molecule has 5 nitrogen and oxygen atoms in total. The third-order valence-electron chi connectivity index (χ3n) is 4.13. The molecule has 0 aliphatic carbocycles. The van der Waals surface area contributed by atoms with E-state index >= 15 is 0 Å². The van der Waals surface area contributed by atoms with Crippen molar-refractivity contribution >= 4 is 17.5 Å². The second-order valence-electron chi connectivity index (χ2n) is 6.70. The highest BCUT2D eigenvalue weighted by molar-refractivity contribution is 6.09. The first kappa shape index (κ1) is 19.5. The van der Waals surface area contributed by atoms with E-state index in [1.165, 1.54) is 0 Å². The van der Waals surface area contributed by atoms with Gasteiger partial charge >= 0.3 is 0 Å². The van der Waals surface area contributed by atoms with Crippen LogP contribution in [0, 0.1) is 12.3 Å². The van der Waals surface area contributed by atoms with Crippen molar-refractivity contribution in [3.8, 4) is 5.75 Å². The number of amides is 2. The fourth-order valence-electron chi connectivity index (χ4n) is 2.30. The summed E-state index contributed by atoms with van der Waals surface area (Å²) in [6, 6.07) is 15.0. The molecule has 0 heterocycles. The van der Waals surface area contributed by atoms with E-state index < -0.39 is 5.41 Å². The number of aryl methyl sites for hydroxylation is 1. The van der Waals surface area contributed by atoms with Crippen LogP contribution in [-0.4, -0.2) is 18.4 Å². The molecule has 0 atom stereocenters. The molecule has 0 unspecified atom stereocenters. The van der Waals surface area contributed by atoms with Crippen LogP contribution in [-0.2, 0) is 16.1 Å². The Morgan fingerprint density at radius 3 is 2.15 bits per heavy atom. The smallest absolute Gasteiger partial charge is 0.239 e. The van der Waals surface area contributed by atoms with Gasteiger partial charge in [0, 0.05) is 12.2 Å². The van der Waals surface area contributed by atoms with Crippen LogP contribution < -0.4 is 15.4 Å². The summed E-state index contributed by atoms with van der Waals surface area (Å²) in [5, 5.41) is 5.61. The predicted molar refractivity (Wildman–Crippen MR) is 103 cm³/mol. The Morgan fingerprint density at radius 2 is 1.58 bits per heavy atom. The van der Waals surface area contributed by atoms with Crippen LogP contribution in [0.2, 0.25) is 0 Å². The summed E-state index contributed by atoms with van der Waals surface area (Å²) in [5.74, 6) is 0.0603. The van der Waals surface area contributed by atoms with Gasteiger partial charge < -0.3 is 15.4 Å². The highest BCUT2D eigenvalue weighted by Crippen LogP contribution is 2.21. The molecule has 0 saturated heterocycles. The second-order valence-corrected chi connectivity index (χ2v) is 6.70. The summed E-state index contributed by atoms with van der Waals surface area (Å²) >= 11 is 0. The topological polar surface area (TPSA) is 67.4 Å². The van der Waals surface area contributed by atoms with Crippen LogP contribution in [0.4, 0.5) is 5.69 Å². The maximum Gasteiger partial charge on any atom is 0.239 e. The van der Waals surface area contributed by atoms with E-state index in [1.54, 1.807) is 38.1 Å². The van der Waals surface area contributed by atoms with Crippen LogP contribution in [0.25, 0.3) is 0 Å². The van der Waals surface area contributed by atoms with Crippen LogP contribution in [0.1, 0.15) is 31.9 Å². The van der Waals surface area contributed by atoms with E-state index in [-0.39, 0.29) is 11.8 Å². The third kappa shape index (κ3) is 5.09. The van der Waals surface area contributed by atoms with Gasteiger partial charge in [-0.3, -0.25) is 9.59 Å². The van der Waals surface area contributed by atoms with Gasteiger partial charge in [0.2, 0.25) is 11.8 Å². The van der Waals surface area contributed by atoms with E-state index in [1.807, 2.05) is 38.1 Å². The van der Waals surface area contributed by atoms with E-state index in [0.29, 0.717) is 18.8 Å². The molecule has 2 aromatic carbocycles. The van der Waals surface area contributed by atoms with Gasteiger partial charge in [-0.2, -0.15) is 0 Å². The molecule has 2 amide bonds. The summed E-state index contributed by atoms with van der Waals surface area (Å²) in [4.78, 5) is 25.0. The Hall–Kier alpha value is -2.82. The zero-order chi connectivity index (χ0) is 19.2. The average Bonchev–Trinajstić information content (AvgIpc) is 2.62. The molecule has 0 spiro atoms. The van der Waals surface area contributed by atoms with Gasteiger partial charge in [-0.25, -0.2) is 0 Å². The summed E-state index contributed by atoms with van der Waals surface area (Å²) in [5.41, 5.74) is 1.59. The minimum Gasteiger partial charge on any atom is -0.494 e. The minimum absolute atomic E-state index is 0.318. The molecule has 0 saturated carbocycles. The molecule has 2 N–H and O–H groups in total. The van der Waals surface area contributed by atoms with Gasteiger partial charge in [0.15, 0.2) is 0 Å². The van der Waals surface area contributed by atoms with Gasteiger partial charge in [0.1, 0.15) is 11.2 Å². The lowest BCUT2D eigenvalue weighted by Gasteiger charge is -2.23. The van der Waals surface area contributed by atoms with Crippen molar-refractivity contribution in [3.05, 3.63) is 59.7 Å². The first-order chi connectivity index (χ1) is 12.3. The molecule has 26 heavy (non-hydrogen) atoms. The molecule has 0 aliphatic heterocycles. The number of hydrogen-bond donors (Lipinski definition) is 2. The molecular weight excluding hydrogens is 328 g/mol. The SMILES string of the molecule is CCOc1ccc(NC(=O)C(C)(C)C(=O)NCc2ccc(C)cc2)cc1. The molecule has 0 radical (unpaired) electrons. The number of rotatable bonds is 7. The summed E-state index contributed by atoms with van der Waals surface area (Å²) in [6.07, 6.45) is 0. The van der Waals surface area contributed by atoms with Crippen molar-refractivity contribution in [1.82, 2.24) is 5.32 Å². The maximum absolute atomic E-state index is 12.5. The fourth-order valence-corrected chi connectivity index (χ4v) is 2.30.